The molecular weight excluding hydrogens is 256 g/mol. The fourth-order valence-corrected chi connectivity index (χ4v) is 1.71. The molecule has 0 atom stereocenters. The van der Waals surface area contributed by atoms with Crippen molar-refractivity contribution in [1.29, 1.82) is 0 Å². The standard InChI is InChI=1S/C16H16O4/c1-18-16(17)14-4-6-15(7-5-14)20-10-2-3-13-8-11-19-12-9-13/h4-8H,9-12H2,1H3. The average Bonchev–Trinajstić information content (AvgIpc) is 2.52. The molecule has 1 heterocycles. The number of carbonyl (C=O) groups is 1. The van der Waals surface area contributed by atoms with Crippen molar-refractivity contribution in [3.8, 4) is 17.6 Å². The van der Waals surface area contributed by atoms with E-state index in [-0.39, 0.29) is 5.97 Å². The minimum atomic E-state index is -0.359. The minimum Gasteiger partial charge on any atom is -0.481 e. The highest BCUT2D eigenvalue weighted by molar-refractivity contribution is 5.89. The summed E-state index contributed by atoms with van der Waals surface area (Å²) >= 11 is 0. The van der Waals surface area contributed by atoms with Crippen molar-refractivity contribution in [3.63, 3.8) is 0 Å². The number of esters is 1. The molecular formula is C16H16O4. The van der Waals surface area contributed by atoms with Gasteiger partial charge in [-0.3, -0.25) is 0 Å². The van der Waals surface area contributed by atoms with E-state index in [2.05, 4.69) is 16.6 Å². The van der Waals surface area contributed by atoms with E-state index in [1.165, 1.54) is 7.11 Å². The van der Waals surface area contributed by atoms with E-state index in [0.29, 0.717) is 24.5 Å². The van der Waals surface area contributed by atoms with Crippen molar-refractivity contribution in [3.05, 3.63) is 41.5 Å². The molecule has 0 saturated heterocycles. The Balaban J connectivity index is 1.84. The summed E-state index contributed by atoms with van der Waals surface area (Å²) in [6, 6.07) is 6.77. The number of benzene rings is 1. The Morgan fingerprint density at radius 3 is 2.80 bits per heavy atom. The molecule has 2 rings (SSSR count). The molecule has 1 aliphatic rings. The van der Waals surface area contributed by atoms with Gasteiger partial charge in [0.2, 0.25) is 0 Å². The van der Waals surface area contributed by atoms with Gasteiger partial charge in [-0.05, 0) is 30.3 Å². The molecule has 1 aliphatic heterocycles. The zero-order valence-electron chi connectivity index (χ0n) is 11.3. The van der Waals surface area contributed by atoms with Gasteiger partial charge < -0.3 is 14.2 Å². The molecule has 20 heavy (non-hydrogen) atoms. The maximum Gasteiger partial charge on any atom is 0.337 e. The van der Waals surface area contributed by atoms with Crippen molar-refractivity contribution >= 4 is 5.97 Å². The normalized spacial score (nSPS) is 13.8. The molecule has 0 spiro atoms. The summed E-state index contributed by atoms with van der Waals surface area (Å²) < 4.78 is 15.3. The molecule has 0 bridgehead atoms. The molecule has 0 unspecified atom stereocenters. The molecule has 0 saturated carbocycles. The van der Waals surface area contributed by atoms with Gasteiger partial charge in [0, 0.05) is 12.0 Å². The Bertz CT molecular complexity index is 546. The first-order chi connectivity index (χ1) is 9.79. The monoisotopic (exact) mass is 272 g/mol. The van der Waals surface area contributed by atoms with E-state index in [1.807, 2.05) is 6.08 Å². The van der Waals surface area contributed by atoms with Crippen LogP contribution in [-0.2, 0) is 9.47 Å². The maximum absolute atomic E-state index is 11.3. The van der Waals surface area contributed by atoms with Crippen LogP contribution in [0, 0.1) is 11.8 Å². The summed E-state index contributed by atoms with van der Waals surface area (Å²) in [6.07, 6.45) is 2.85. The summed E-state index contributed by atoms with van der Waals surface area (Å²) in [5.41, 5.74) is 1.60. The number of rotatable bonds is 3. The fraction of sp³-hybridized carbons (Fsp3) is 0.312. The second-order valence-electron chi connectivity index (χ2n) is 4.16. The van der Waals surface area contributed by atoms with E-state index in [4.69, 9.17) is 9.47 Å². The van der Waals surface area contributed by atoms with Crippen molar-refractivity contribution < 1.29 is 19.0 Å². The number of hydrogen-bond acceptors (Lipinski definition) is 4. The minimum absolute atomic E-state index is 0.315. The van der Waals surface area contributed by atoms with E-state index in [9.17, 15) is 4.79 Å². The fourth-order valence-electron chi connectivity index (χ4n) is 1.71. The van der Waals surface area contributed by atoms with Gasteiger partial charge in [0.25, 0.3) is 0 Å². The van der Waals surface area contributed by atoms with E-state index >= 15 is 0 Å². The average molecular weight is 272 g/mol. The predicted octanol–water partition coefficient (Wildman–Crippen LogP) is 2.20. The molecule has 0 amide bonds. The summed E-state index contributed by atoms with van der Waals surface area (Å²) in [5.74, 6) is 6.34. The van der Waals surface area contributed by atoms with Gasteiger partial charge >= 0.3 is 5.97 Å². The van der Waals surface area contributed by atoms with Crippen molar-refractivity contribution in [2.75, 3.05) is 26.9 Å². The first-order valence-electron chi connectivity index (χ1n) is 6.36. The third-order valence-corrected chi connectivity index (χ3v) is 2.80. The van der Waals surface area contributed by atoms with Crippen LogP contribution in [0.3, 0.4) is 0 Å². The SMILES string of the molecule is COC(=O)c1ccc(OCC#CC2=CCOCC2)cc1. The summed E-state index contributed by atoms with van der Waals surface area (Å²) in [7, 11) is 1.35. The van der Waals surface area contributed by atoms with E-state index < -0.39 is 0 Å². The molecule has 4 nitrogen and oxygen atoms in total. The third-order valence-electron chi connectivity index (χ3n) is 2.80. The Labute approximate surface area is 118 Å². The van der Waals surface area contributed by atoms with Crippen LogP contribution < -0.4 is 4.74 Å². The van der Waals surface area contributed by atoms with Gasteiger partial charge in [0.15, 0.2) is 0 Å². The Morgan fingerprint density at radius 2 is 2.15 bits per heavy atom. The lowest BCUT2D eigenvalue weighted by molar-refractivity contribution is 0.0600. The van der Waals surface area contributed by atoms with Crippen LogP contribution >= 0.6 is 0 Å². The molecule has 4 heteroatoms. The van der Waals surface area contributed by atoms with Crippen LogP contribution in [0.25, 0.3) is 0 Å². The number of carbonyl (C=O) groups excluding carboxylic acids is 1. The van der Waals surface area contributed by atoms with Crippen LogP contribution in [0.1, 0.15) is 16.8 Å². The summed E-state index contributed by atoms with van der Waals surface area (Å²) in [6.45, 7) is 1.69. The van der Waals surface area contributed by atoms with Gasteiger partial charge in [0.1, 0.15) is 12.4 Å². The van der Waals surface area contributed by atoms with Crippen LogP contribution in [0.4, 0.5) is 0 Å². The summed E-state index contributed by atoms with van der Waals surface area (Å²) in [5, 5.41) is 0. The van der Waals surface area contributed by atoms with Crippen LogP contribution in [0.15, 0.2) is 35.9 Å². The first-order valence-corrected chi connectivity index (χ1v) is 6.36. The molecule has 1 aromatic carbocycles. The predicted molar refractivity (Wildman–Crippen MR) is 74.6 cm³/mol. The zero-order chi connectivity index (χ0) is 14.2. The van der Waals surface area contributed by atoms with E-state index in [0.717, 1.165) is 18.6 Å². The largest absolute Gasteiger partial charge is 0.481 e. The smallest absolute Gasteiger partial charge is 0.337 e. The first kappa shape index (κ1) is 14.2. The molecule has 0 N–H and O–H groups in total. The second kappa shape index (κ2) is 7.37. The Kier molecular flexibility index (Phi) is 5.22. The van der Waals surface area contributed by atoms with Crippen LogP contribution in [0.2, 0.25) is 0 Å². The Morgan fingerprint density at radius 1 is 1.35 bits per heavy atom. The number of ether oxygens (including phenoxy) is 3. The van der Waals surface area contributed by atoms with Crippen molar-refractivity contribution in [1.82, 2.24) is 0 Å². The molecule has 0 aliphatic carbocycles. The van der Waals surface area contributed by atoms with Gasteiger partial charge in [-0.15, -0.1) is 0 Å². The van der Waals surface area contributed by atoms with Gasteiger partial charge in [-0.1, -0.05) is 11.8 Å². The lowest BCUT2D eigenvalue weighted by Gasteiger charge is -2.07. The van der Waals surface area contributed by atoms with E-state index in [1.54, 1.807) is 24.3 Å². The number of methoxy groups -OCH3 is 1. The lowest BCUT2D eigenvalue weighted by atomic mass is 10.1. The zero-order valence-corrected chi connectivity index (χ0v) is 11.3. The molecule has 0 fully saturated rings. The molecule has 1 aromatic rings. The highest BCUT2D eigenvalue weighted by Gasteiger charge is 2.04. The van der Waals surface area contributed by atoms with Gasteiger partial charge in [0.05, 0.1) is 25.9 Å². The lowest BCUT2D eigenvalue weighted by Crippen LogP contribution is -2.03. The maximum atomic E-state index is 11.3. The molecule has 104 valence electrons. The third kappa shape index (κ3) is 4.15. The quantitative estimate of drug-likeness (QED) is 0.625. The summed E-state index contributed by atoms with van der Waals surface area (Å²) in [4.78, 5) is 11.3. The highest BCUT2D eigenvalue weighted by atomic mass is 16.5. The van der Waals surface area contributed by atoms with Crippen molar-refractivity contribution in [2.24, 2.45) is 0 Å². The number of hydrogen-bond donors (Lipinski definition) is 0. The van der Waals surface area contributed by atoms with Crippen LogP contribution in [0.5, 0.6) is 5.75 Å². The second-order valence-corrected chi connectivity index (χ2v) is 4.16. The highest BCUT2D eigenvalue weighted by Crippen LogP contribution is 2.12. The molecule has 0 radical (unpaired) electrons. The van der Waals surface area contributed by atoms with Gasteiger partial charge in [-0.2, -0.15) is 0 Å². The Hall–Kier alpha value is -2.25. The van der Waals surface area contributed by atoms with Gasteiger partial charge in [-0.25, -0.2) is 4.79 Å². The van der Waals surface area contributed by atoms with Crippen molar-refractivity contribution in [2.45, 2.75) is 6.42 Å². The topological polar surface area (TPSA) is 44.8 Å². The molecule has 0 aromatic heterocycles. The van der Waals surface area contributed by atoms with Crippen LogP contribution in [-0.4, -0.2) is 32.9 Å².